The van der Waals surface area contributed by atoms with Crippen molar-refractivity contribution in [3.05, 3.63) is 95.8 Å². The smallest absolute Gasteiger partial charge is 0.264 e. The normalized spacial score (nSPS) is 14.5. The monoisotopic (exact) mass is 551 g/mol. The van der Waals surface area contributed by atoms with E-state index in [2.05, 4.69) is 5.32 Å². The van der Waals surface area contributed by atoms with E-state index in [1.165, 1.54) is 35.2 Å². The Labute approximate surface area is 229 Å². The molecule has 3 aromatic rings. The molecule has 1 atom stereocenters. The van der Waals surface area contributed by atoms with Crippen LogP contribution >= 0.6 is 0 Å². The number of carbonyl (C=O) groups excluding carboxylic acids is 2. The number of anilines is 1. The first-order valence-corrected chi connectivity index (χ1v) is 14.6. The highest BCUT2D eigenvalue weighted by Crippen LogP contribution is 2.27. The fourth-order valence-corrected chi connectivity index (χ4v) is 6.19. The quantitative estimate of drug-likeness (QED) is 0.392. The summed E-state index contributed by atoms with van der Waals surface area (Å²) in [7, 11) is -4.30. The number of para-hydroxylation sites is 1. The van der Waals surface area contributed by atoms with Crippen molar-refractivity contribution in [2.75, 3.05) is 10.8 Å². The van der Waals surface area contributed by atoms with Gasteiger partial charge in [-0.2, -0.15) is 0 Å². The van der Waals surface area contributed by atoms with Gasteiger partial charge in [0.05, 0.1) is 10.6 Å². The number of hydrogen-bond donors (Lipinski definition) is 1. The standard InChI is InChI=1S/C30H34FN3O4S/c1-22-16-18-24(19-17-22)20-33(23(2)30(36)32-25-10-6-7-11-25)29(35)21-34(28-15-9-8-14-27(28)31)39(37,38)26-12-4-3-5-13-26/h3-5,8-9,12-19,23,25H,6-7,10-11,20-21H2,1-2H3,(H,32,36)/t23-/m1/s1. The predicted molar refractivity (Wildman–Crippen MR) is 149 cm³/mol. The summed E-state index contributed by atoms with van der Waals surface area (Å²) in [6.45, 7) is 3.00. The number of nitrogens with zero attached hydrogens (tertiary/aromatic N) is 2. The fourth-order valence-electron chi connectivity index (χ4n) is 4.75. The molecule has 0 heterocycles. The third-order valence-electron chi connectivity index (χ3n) is 7.07. The number of benzene rings is 3. The highest BCUT2D eigenvalue weighted by Gasteiger charge is 2.34. The van der Waals surface area contributed by atoms with Gasteiger partial charge < -0.3 is 10.2 Å². The van der Waals surface area contributed by atoms with Crippen LogP contribution in [0.25, 0.3) is 0 Å². The molecule has 4 rings (SSSR count). The van der Waals surface area contributed by atoms with Crippen LogP contribution in [0.2, 0.25) is 0 Å². The van der Waals surface area contributed by atoms with Crippen molar-refractivity contribution in [1.29, 1.82) is 0 Å². The van der Waals surface area contributed by atoms with E-state index >= 15 is 0 Å². The zero-order valence-electron chi connectivity index (χ0n) is 22.2. The molecule has 0 bridgehead atoms. The summed E-state index contributed by atoms with van der Waals surface area (Å²) >= 11 is 0. The summed E-state index contributed by atoms with van der Waals surface area (Å²) < 4.78 is 43.1. The van der Waals surface area contributed by atoms with Gasteiger partial charge >= 0.3 is 0 Å². The average Bonchev–Trinajstić information content (AvgIpc) is 3.45. The number of rotatable bonds is 10. The molecule has 0 aliphatic heterocycles. The van der Waals surface area contributed by atoms with E-state index in [4.69, 9.17) is 0 Å². The second-order valence-corrected chi connectivity index (χ2v) is 11.8. The number of aryl methyl sites for hydroxylation is 1. The van der Waals surface area contributed by atoms with Crippen molar-refractivity contribution in [2.45, 2.75) is 63.1 Å². The molecule has 0 saturated heterocycles. The van der Waals surface area contributed by atoms with Crippen molar-refractivity contribution in [2.24, 2.45) is 0 Å². The Hall–Kier alpha value is -3.72. The number of carbonyl (C=O) groups is 2. The van der Waals surface area contributed by atoms with Crippen LogP contribution in [0.3, 0.4) is 0 Å². The maximum Gasteiger partial charge on any atom is 0.264 e. The highest BCUT2D eigenvalue weighted by atomic mass is 32.2. The molecule has 0 spiro atoms. The molecule has 0 aromatic heterocycles. The van der Waals surface area contributed by atoms with Crippen LogP contribution in [0.4, 0.5) is 10.1 Å². The van der Waals surface area contributed by atoms with E-state index in [-0.39, 0.29) is 29.1 Å². The molecular formula is C30H34FN3O4S. The van der Waals surface area contributed by atoms with Crippen molar-refractivity contribution in [3.8, 4) is 0 Å². The van der Waals surface area contributed by atoms with Crippen molar-refractivity contribution in [1.82, 2.24) is 10.2 Å². The lowest BCUT2D eigenvalue weighted by Gasteiger charge is -2.32. The molecule has 1 saturated carbocycles. The summed E-state index contributed by atoms with van der Waals surface area (Å²) in [6, 6.07) is 19.8. The summed E-state index contributed by atoms with van der Waals surface area (Å²) in [5.41, 5.74) is 1.59. The fraction of sp³-hybridized carbons (Fsp3) is 0.333. The maximum absolute atomic E-state index is 14.9. The molecule has 0 radical (unpaired) electrons. The van der Waals surface area contributed by atoms with Crippen LogP contribution in [0.1, 0.15) is 43.7 Å². The second kappa shape index (κ2) is 12.4. The Morgan fingerprint density at radius 2 is 1.56 bits per heavy atom. The Bertz CT molecular complexity index is 1390. The van der Waals surface area contributed by atoms with Gasteiger partial charge in [-0.25, -0.2) is 12.8 Å². The summed E-state index contributed by atoms with van der Waals surface area (Å²) in [4.78, 5) is 28.4. The molecule has 1 N–H and O–H groups in total. The van der Waals surface area contributed by atoms with Crippen LogP contribution < -0.4 is 9.62 Å². The Morgan fingerprint density at radius 3 is 2.21 bits per heavy atom. The van der Waals surface area contributed by atoms with Gasteiger partial charge in [0, 0.05) is 12.6 Å². The molecule has 1 aliphatic rings. The van der Waals surface area contributed by atoms with Crippen molar-refractivity contribution < 1.29 is 22.4 Å². The molecule has 3 aromatic carbocycles. The zero-order chi connectivity index (χ0) is 28.0. The first-order chi connectivity index (χ1) is 18.7. The number of hydrogen-bond acceptors (Lipinski definition) is 4. The van der Waals surface area contributed by atoms with E-state index < -0.39 is 34.3 Å². The summed E-state index contributed by atoms with van der Waals surface area (Å²) in [5, 5.41) is 3.03. The van der Waals surface area contributed by atoms with Gasteiger partial charge in [0.2, 0.25) is 11.8 Å². The van der Waals surface area contributed by atoms with Gasteiger partial charge in [0.25, 0.3) is 10.0 Å². The van der Waals surface area contributed by atoms with Gasteiger partial charge in [-0.1, -0.05) is 73.0 Å². The first-order valence-electron chi connectivity index (χ1n) is 13.1. The largest absolute Gasteiger partial charge is 0.352 e. The second-order valence-electron chi connectivity index (χ2n) is 9.95. The SMILES string of the molecule is Cc1ccc(CN(C(=O)CN(c2ccccc2F)S(=O)(=O)c2ccccc2)[C@H](C)C(=O)NC2CCCC2)cc1. The minimum atomic E-state index is -4.30. The van der Waals surface area contributed by atoms with Crippen LogP contribution in [0.15, 0.2) is 83.8 Å². The molecule has 206 valence electrons. The van der Waals surface area contributed by atoms with Crippen molar-refractivity contribution in [3.63, 3.8) is 0 Å². The Kier molecular flexibility index (Phi) is 9.01. The third kappa shape index (κ3) is 6.84. The van der Waals surface area contributed by atoms with Crippen LogP contribution in [-0.2, 0) is 26.2 Å². The highest BCUT2D eigenvalue weighted by molar-refractivity contribution is 7.92. The molecule has 7 nitrogen and oxygen atoms in total. The third-order valence-corrected chi connectivity index (χ3v) is 8.85. The Balaban J connectivity index is 1.68. The van der Waals surface area contributed by atoms with Gasteiger partial charge in [-0.05, 0) is 56.5 Å². The van der Waals surface area contributed by atoms with Gasteiger partial charge in [-0.3, -0.25) is 13.9 Å². The number of halogens is 1. The minimum absolute atomic E-state index is 0.0599. The number of sulfonamides is 1. The van der Waals surface area contributed by atoms with Crippen molar-refractivity contribution >= 4 is 27.5 Å². The van der Waals surface area contributed by atoms with E-state index in [1.807, 2.05) is 31.2 Å². The zero-order valence-corrected chi connectivity index (χ0v) is 23.0. The van der Waals surface area contributed by atoms with Gasteiger partial charge in [0.15, 0.2) is 0 Å². The van der Waals surface area contributed by atoms with E-state index in [0.717, 1.165) is 47.2 Å². The lowest BCUT2D eigenvalue weighted by Crippen LogP contribution is -2.52. The van der Waals surface area contributed by atoms with Gasteiger partial charge in [-0.15, -0.1) is 0 Å². The summed E-state index contributed by atoms with van der Waals surface area (Å²) in [6.07, 6.45) is 3.86. The lowest BCUT2D eigenvalue weighted by atomic mass is 10.1. The molecule has 1 fully saturated rings. The predicted octanol–water partition coefficient (Wildman–Crippen LogP) is 4.81. The molecule has 1 aliphatic carbocycles. The van der Waals surface area contributed by atoms with Crippen LogP contribution in [0.5, 0.6) is 0 Å². The summed E-state index contributed by atoms with van der Waals surface area (Å²) in [5.74, 6) is -1.69. The first kappa shape index (κ1) is 28.3. The Morgan fingerprint density at radius 1 is 0.949 bits per heavy atom. The lowest BCUT2D eigenvalue weighted by molar-refractivity contribution is -0.139. The molecule has 2 amide bonds. The van der Waals surface area contributed by atoms with Crippen LogP contribution in [0, 0.1) is 12.7 Å². The molecule has 39 heavy (non-hydrogen) atoms. The minimum Gasteiger partial charge on any atom is -0.352 e. The number of amides is 2. The average molecular weight is 552 g/mol. The topological polar surface area (TPSA) is 86.8 Å². The van der Waals surface area contributed by atoms with Crippen LogP contribution in [-0.4, -0.2) is 43.8 Å². The number of nitrogens with one attached hydrogen (secondary N) is 1. The molecular weight excluding hydrogens is 517 g/mol. The molecule has 9 heteroatoms. The van der Waals surface area contributed by atoms with Gasteiger partial charge in [0.1, 0.15) is 18.4 Å². The maximum atomic E-state index is 14.9. The van der Waals surface area contributed by atoms with E-state index in [0.29, 0.717) is 0 Å². The van der Waals surface area contributed by atoms with E-state index in [1.54, 1.807) is 25.1 Å². The molecule has 0 unspecified atom stereocenters. The van der Waals surface area contributed by atoms with E-state index in [9.17, 15) is 22.4 Å².